The highest BCUT2D eigenvalue weighted by molar-refractivity contribution is 5.97. The lowest BCUT2D eigenvalue weighted by Crippen LogP contribution is -2.41. The Labute approximate surface area is 193 Å². The summed E-state index contributed by atoms with van der Waals surface area (Å²) >= 11 is 0. The number of hydrogen-bond acceptors (Lipinski definition) is 5. The molecular weight excluding hydrogens is 414 g/mol. The first-order valence-electron chi connectivity index (χ1n) is 11.4. The molecule has 0 atom stereocenters. The van der Waals surface area contributed by atoms with E-state index in [9.17, 15) is 10.1 Å². The minimum Gasteiger partial charge on any atom is -0.348 e. The highest BCUT2D eigenvalue weighted by Crippen LogP contribution is 2.45. The van der Waals surface area contributed by atoms with E-state index in [-0.39, 0.29) is 12.2 Å². The zero-order chi connectivity index (χ0) is 22.9. The van der Waals surface area contributed by atoms with Crippen LogP contribution in [0.25, 0.3) is 5.69 Å². The minimum absolute atomic E-state index is 0.0435. The number of para-hydroxylation sites is 1. The predicted octanol–water partition coefficient (Wildman–Crippen LogP) is 4.68. The molecule has 1 spiro atoms. The van der Waals surface area contributed by atoms with Crippen LogP contribution in [0, 0.1) is 18.3 Å². The average molecular weight is 442 g/mol. The molecule has 2 fully saturated rings. The summed E-state index contributed by atoms with van der Waals surface area (Å²) in [7, 11) is 0. The molecule has 3 aromatic rings. The van der Waals surface area contributed by atoms with Crippen LogP contribution in [0.2, 0.25) is 0 Å². The molecule has 1 aliphatic heterocycles. The van der Waals surface area contributed by atoms with Gasteiger partial charge < -0.3 is 14.0 Å². The number of nitriles is 1. The van der Waals surface area contributed by atoms with Crippen molar-refractivity contribution in [1.82, 2.24) is 9.55 Å². The number of benzene rings is 1. The molecule has 2 aliphatic rings. The van der Waals surface area contributed by atoms with Crippen molar-refractivity contribution in [1.29, 1.82) is 5.26 Å². The smallest absolute Gasteiger partial charge is 0.168 e. The fraction of sp³-hybridized carbons (Fsp3) is 0.370. The zero-order valence-corrected chi connectivity index (χ0v) is 18.8. The summed E-state index contributed by atoms with van der Waals surface area (Å²) in [6, 6.07) is 16.3. The Morgan fingerprint density at radius 2 is 1.85 bits per heavy atom. The fourth-order valence-electron chi connectivity index (χ4n) is 4.93. The van der Waals surface area contributed by atoms with Crippen LogP contribution in [0.1, 0.15) is 52.9 Å². The van der Waals surface area contributed by atoms with Gasteiger partial charge in [-0.05, 0) is 49.1 Å². The van der Waals surface area contributed by atoms with Gasteiger partial charge >= 0.3 is 0 Å². The van der Waals surface area contributed by atoms with Crippen LogP contribution in [-0.2, 0) is 21.3 Å². The van der Waals surface area contributed by atoms with Crippen LogP contribution in [-0.4, -0.2) is 34.3 Å². The Morgan fingerprint density at radius 3 is 2.52 bits per heavy atom. The summed E-state index contributed by atoms with van der Waals surface area (Å²) in [4.78, 5) is 17.5. The van der Waals surface area contributed by atoms with Gasteiger partial charge in [0.1, 0.15) is 0 Å². The van der Waals surface area contributed by atoms with Gasteiger partial charge in [0.25, 0.3) is 0 Å². The third-order valence-electron chi connectivity index (χ3n) is 6.98. The van der Waals surface area contributed by atoms with E-state index in [0.717, 1.165) is 22.5 Å². The van der Waals surface area contributed by atoms with Gasteiger partial charge in [-0.3, -0.25) is 9.78 Å². The second-order valence-electron chi connectivity index (χ2n) is 9.05. The topological polar surface area (TPSA) is 77.1 Å². The number of ketones is 1. The number of Topliss-reactive ketones (excluding diaryl/α,β-unsaturated/α-hetero) is 1. The van der Waals surface area contributed by atoms with Gasteiger partial charge in [-0.15, -0.1) is 0 Å². The summed E-state index contributed by atoms with van der Waals surface area (Å²) in [5.74, 6) is -0.469. The van der Waals surface area contributed by atoms with Crippen LogP contribution >= 0.6 is 0 Å². The molecule has 1 saturated heterocycles. The summed E-state index contributed by atoms with van der Waals surface area (Å²) in [5.41, 5.74) is 3.86. The normalized spacial score (nSPS) is 18.8. The number of rotatable bonds is 5. The Bertz CT molecular complexity index is 1190. The Kier molecular flexibility index (Phi) is 5.61. The highest BCUT2D eigenvalue weighted by atomic mass is 16.7. The molecule has 0 N–H and O–H groups in total. The standard InChI is InChI=1S/C27H27N3O3/c1-20-4-2-3-5-23(20)30-13-8-22(18-30)24(31)16-21-6-7-25(29-17-21)26(19-28)9-11-27(12-10-26)32-14-15-33-27/h2-8,13,17-18H,9-12,14-16H2,1H3. The molecular formula is C27H27N3O3. The van der Waals surface area contributed by atoms with Gasteiger partial charge in [-0.1, -0.05) is 24.3 Å². The third kappa shape index (κ3) is 4.10. The molecule has 6 nitrogen and oxygen atoms in total. The minimum atomic E-state index is -0.631. The lowest BCUT2D eigenvalue weighted by Gasteiger charge is -2.39. The first-order chi connectivity index (χ1) is 16.0. The number of aryl methyl sites for hydroxylation is 1. The Hall–Kier alpha value is -3.27. The summed E-state index contributed by atoms with van der Waals surface area (Å²) < 4.78 is 13.6. The van der Waals surface area contributed by atoms with Gasteiger partial charge in [-0.25, -0.2) is 0 Å². The molecule has 1 aliphatic carbocycles. The van der Waals surface area contributed by atoms with Crippen molar-refractivity contribution < 1.29 is 14.3 Å². The lowest BCUT2D eigenvalue weighted by molar-refractivity contribution is -0.182. The number of hydrogen-bond donors (Lipinski definition) is 0. The maximum absolute atomic E-state index is 12.9. The van der Waals surface area contributed by atoms with Gasteiger partial charge in [0.15, 0.2) is 11.6 Å². The number of carbonyl (C=O) groups is 1. The number of pyridine rings is 1. The maximum Gasteiger partial charge on any atom is 0.168 e. The van der Waals surface area contributed by atoms with E-state index in [1.807, 2.05) is 53.4 Å². The summed E-state index contributed by atoms with van der Waals surface area (Å²) in [6.45, 7) is 3.29. The SMILES string of the molecule is Cc1ccccc1-n1ccc(C(=O)Cc2ccc(C3(C#N)CCC4(CC3)OCCO4)nc2)c1. The molecule has 33 heavy (non-hydrogen) atoms. The molecule has 2 aromatic heterocycles. The molecule has 0 radical (unpaired) electrons. The van der Waals surface area contributed by atoms with Gasteiger partial charge in [0.2, 0.25) is 0 Å². The molecule has 1 aromatic carbocycles. The first kappa shape index (κ1) is 21.6. The molecule has 0 amide bonds. The molecule has 5 rings (SSSR count). The van der Waals surface area contributed by atoms with Crippen LogP contribution in [0.4, 0.5) is 0 Å². The van der Waals surface area contributed by atoms with E-state index in [1.54, 1.807) is 6.20 Å². The number of aromatic nitrogens is 2. The first-order valence-corrected chi connectivity index (χ1v) is 11.4. The van der Waals surface area contributed by atoms with E-state index in [4.69, 9.17) is 9.47 Å². The lowest BCUT2D eigenvalue weighted by atomic mass is 9.70. The maximum atomic E-state index is 12.9. The van der Waals surface area contributed by atoms with E-state index >= 15 is 0 Å². The van der Waals surface area contributed by atoms with Crippen molar-refractivity contribution in [3.63, 3.8) is 0 Å². The largest absolute Gasteiger partial charge is 0.348 e. The van der Waals surface area contributed by atoms with Crippen LogP contribution in [0.15, 0.2) is 61.1 Å². The summed E-state index contributed by atoms with van der Waals surface area (Å²) in [6.07, 6.45) is 8.50. The monoisotopic (exact) mass is 441 g/mol. The molecule has 3 heterocycles. The third-order valence-corrected chi connectivity index (χ3v) is 6.98. The van der Waals surface area contributed by atoms with Crippen molar-refractivity contribution in [3.8, 4) is 11.8 Å². The van der Waals surface area contributed by atoms with Crippen molar-refractivity contribution in [2.24, 2.45) is 0 Å². The van der Waals surface area contributed by atoms with Gasteiger partial charge in [-0.2, -0.15) is 5.26 Å². The molecule has 1 saturated carbocycles. The zero-order valence-electron chi connectivity index (χ0n) is 18.8. The van der Waals surface area contributed by atoms with E-state index in [2.05, 4.69) is 24.0 Å². The fourth-order valence-corrected chi connectivity index (χ4v) is 4.93. The molecule has 0 bridgehead atoms. The quantitative estimate of drug-likeness (QED) is 0.537. The van der Waals surface area contributed by atoms with Gasteiger partial charge in [0.05, 0.1) is 30.4 Å². The van der Waals surface area contributed by atoms with Crippen LogP contribution in [0.5, 0.6) is 0 Å². The molecule has 168 valence electrons. The van der Waals surface area contributed by atoms with Crippen molar-refractivity contribution in [2.45, 2.75) is 50.2 Å². The average Bonchev–Trinajstić information content (AvgIpc) is 3.51. The number of nitrogens with zero attached hydrogens (tertiary/aromatic N) is 3. The van der Waals surface area contributed by atoms with Crippen molar-refractivity contribution in [2.75, 3.05) is 13.2 Å². The van der Waals surface area contributed by atoms with E-state index < -0.39 is 11.2 Å². The van der Waals surface area contributed by atoms with E-state index in [1.165, 1.54) is 0 Å². The van der Waals surface area contributed by atoms with Gasteiger partial charge in [0, 0.05) is 49.1 Å². The van der Waals surface area contributed by atoms with Crippen molar-refractivity contribution >= 4 is 5.78 Å². The predicted molar refractivity (Wildman–Crippen MR) is 123 cm³/mol. The Morgan fingerprint density at radius 1 is 1.09 bits per heavy atom. The second kappa shape index (κ2) is 8.58. The second-order valence-corrected chi connectivity index (χ2v) is 9.05. The number of ether oxygens (including phenoxy) is 2. The van der Waals surface area contributed by atoms with Crippen LogP contribution < -0.4 is 0 Å². The Balaban J connectivity index is 1.27. The highest BCUT2D eigenvalue weighted by Gasteiger charge is 2.48. The molecule has 0 unspecified atom stereocenters. The summed E-state index contributed by atoms with van der Waals surface area (Å²) in [5, 5.41) is 9.98. The van der Waals surface area contributed by atoms with Crippen molar-refractivity contribution in [3.05, 3.63) is 83.4 Å². The number of carbonyl (C=O) groups excluding carboxylic acids is 1. The van der Waals surface area contributed by atoms with Crippen LogP contribution in [0.3, 0.4) is 0 Å². The molecule has 6 heteroatoms. The van der Waals surface area contributed by atoms with E-state index in [0.29, 0.717) is 44.5 Å².